The Morgan fingerprint density at radius 3 is 2.56 bits per heavy atom. The van der Waals surface area contributed by atoms with Crippen LogP contribution >= 0.6 is 11.6 Å². The Bertz CT molecular complexity index is 479. The van der Waals surface area contributed by atoms with Gasteiger partial charge in [-0.3, -0.25) is 0 Å². The summed E-state index contributed by atoms with van der Waals surface area (Å²) in [6, 6.07) is 4.60. The Morgan fingerprint density at radius 1 is 1.25 bits per heavy atom. The molecular formula is C11H9ClFN3. The maximum absolute atomic E-state index is 13.5. The van der Waals surface area contributed by atoms with Crippen LogP contribution in [0.3, 0.4) is 0 Å². The molecule has 0 bridgehead atoms. The van der Waals surface area contributed by atoms with Crippen molar-refractivity contribution in [1.82, 2.24) is 9.97 Å². The predicted molar refractivity (Wildman–Crippen MR) is 60.7 cm³/mol. The minimum atomic E-state index is -0.329. The van der Waals surface area contributed by atoms with Gasteiger partial charge in [0.2, 0.25) is 5.95 Å². The van der Waals surface area contributed by atoms with E-state index in [4.69, 9.17) is 17.3 Å². The number of hydrogen-bond donors (Lipinski definition) is 1. The Labute approximate surface area is 97.1 Å². The smallest absolute Gasteiger partial charge is 0.219 e. The van der Waals surface area contributed by atoms with E-state index in [1.54, 1.807) is 24.5 Å². The molecule has 1 aromatic heterocycles. The van der Waals surface area contributed by atoms with E-state index in [-0.39, 0.29) is 11.8 Å². The molecular weight excluding hydrogens is 229 g/mol. The van der Waals surface area contributed by atoms with Crippen LogP contribution in [0.4, 0.5) is 10.3 Å². The first-order valence-corrected chi connectivity index (χ1v) is 5.04. The summed E-state index contributed by atoms with van der Waals surface area (Å²) in [4.78, 5) is 7.67. The van der Waals surface area contributed by atoms with E-state index in [2.05, 4.69) is 9.97 Å². The monoisotopic (exact) mass is 237 g/mol. The average molecular weight is 238 g/mol. The number of benzene rings is 1. The molecule has 0 saturated carbocycles. The van der Waals surface area contributed by atoms with Gasteiger partial charge in [-0.05, 0) is 17.7 Å². The molecule has 0 fully saturated rings. The zero-order valence-corrected chi connectivity index (χ0v) is 9.08. The summed E-state index contributed by atoms with van der Waals surface area (Å²) in [5.74, 6) is -0.132. The minimum absolute atomic E-state index is 0.198. The van der Waals surface area contributed by atoms with Gasteiger partial charge in [-0.15, -0.1) is 0 Å². The molecule has 2 aromatic rings. The van der Waals surface area contributed by atoms with Gasteiger partial charge in [0.1, 0.15) is 5.82 Å². The zero-order valence-electron chi connectivity index (χ0n) is 8.32. The number of anilines is 1. The lowest BCUT2D eigenvalue weighted by Gasteiger charge is -2.05. The van der Waals surface area contributed by atoms with Crippen molar-refractivity contribution in [2.45, 2.75) is 6.42 Å². The van der Waals surface area contributed by atoms with Gasteiger partial charge in [0.25, 0.3) is 0 Å². The van der Waals surface area contributed by atoms with E-state index < -0.39 is 0 Å². The molecule has 2 rings (SSSR count). The topological polar surface area (TPSA) is 51.8 Å². The van der Waals surface area contributed by atoms with E-state index in [0.29, 0.717) is 17.0 Å². The molecule has 16 heavy (non-hydrogen) atoms. The number of nitrogen functional groups attached to an aromatic ring is 1. The normalized spacial score (nSPS) is 10.4. The maximum atomic E-state index is 13.5. The van der Waals surface area contributed by atoms with Gasteiger partial charge in [-0.25, -0.2) is 14.4 Å². The second-order valence-electron chi connectivity index (χ2n) is 3.33. The van der Waals surface area contributed by atoms with Crippen molar-refractivity contribution in [3.05, 3.63) is 52.6 Å². The van der Waals surface area contributed by atoms with Crippen molar-refractivity contribution in [1.29, 1.82) is 0 Å². The van der Waals surface area contributed by atoms with Crippen molar-refractivity contribution >= 4 is 17.5 Å². The number of rotatable bonds is 2. The van der Waals surface area contributed by atoms with E-state index in [0.717, 1.165) is 5.56 Å². The van der Waals surface area contributed by atoms with Crippen LogP contribution in [0.15, 0.2) is 30.6 Å². The molecule has 0 aliphatic rings. The average Bonchev–Trinajstić information content (AvgIpc) is 2.26. The first kappa shape index (κ1) is 10.8. The van der Waals surface area contributed by atoms with Gasteiger partial charge in [0.15, 0.2) is 0 Å². The third-order valence-electron chi connectivity index (χ3n) is 2.17. The number of aromatic nitrogens is 2. The molecule has 0 aliphatic carbocycles. The summed E-state index contributed by atoms with van der Waals surface area (Å²) < 4.78 is 13.5. The molecule has 0 aliphatic heterocycles. The largest absolute Gasteiger partial charge is 0.368 e. The van der Waals surface area contributed by atoms with Crippen LogP contribution in [-0.4, -0.2) is 9.97 Å². The van der Waals surface area contributed by atoms with Crippen LogP contribution in [0.1, 0.15) is 11.1 Å². The van der Waals surface area contributed by atoms with Crippen molar-refractivity contribution in [2.75, 3.05) is 5.73 Å². The van der Waals surface area contributed by atoms with Gasteiger partial charge < -0.3 is 5.73 Å². The first-order chi connectivity index (χ1) is 7.66. The molecule has 0 radical (unpaired) electrons. The van der Waals surface area contributed by atoms with Crippen molar-refractivity contribution in [2.24, 2.45) is 0 Å². The maximum Gasteiger partial charge on any atom is 0.219 e. The van der Waals surface area contributed by atoms with Gasteiger partial charge in [-0.1, -0.05) is 17.7 Å². The standard InChI is InChI=1S/C11H9ClFN3/c12-9-2-1-3-10(13)8(9)4-7-5-15-11(14)16-6-7/h1-3,5-6H,4H2,(H2,14,15,16). The van der Waals surface area contributed by atoms with Crippen LogP contribution in [0, 0.1) is 5.82 Å². The number of nitrogens with two attached hydrogens (primary N) is 1. The highest BCUT2D eigenvalue weighted by Crippen LogP contribution is 2.21. The van der Waals surface area contributed by atoms with Gasteiger partial charge in [0, 0.05) is 29.4 Å². The number of halogens is 2. The summed E-state index contributed by atoms with van der Waals surface area (Å²) in [6.07, 6.45) is 3.47. The highest BCUT2D eigenvalue weighted by molar-refractivity contribution is 6.31. The zero-order chi connectivity index (χ0) is 11.5. The molecule has 2 N–H and O–H groups in total. The van der Waals surface area contributed by atoms with Gasteiger partial charge >= 0.3 is 0 Å². The molecule has 0 unspecified atom stereocenters. The lowest BCUT2D eigenvalue weighted by atomic mass is 10.1. The summed E-state index contributed by atoms with van der Waals surface area (Å²) >= 11 is 5.91. The van der Waals surface area contributed by atoms with Crippen molar-refractivity contribution in [3.8, 4) is 0 Å². The predicted octanol–water partition coefficient (Wildman–Crippen LogP) is 2.44. The molecule has 0 amide bonds. The minimum Gasteiger partial charge on any atom is -0.368 e. The third-order valence-corrected chi connectivity index (χ3v) is 2.52. The Balaban J connectivity index is 2.30. The van der Waals surface area contributed by atoms with Crippen LogP contribution < -0.4 is 5.73 Å². The fraction of sp³-hybridized carbons (Fsp3) is 0.0909. The van der Waals surface area contributed by atoms with Crippen molar-refractivity contribution < 1.29 is 4.39 Å². The lowest BCUT2D eigenvalue weighted by Crippen LogP contribution is -1.98. The van der Waals surface area contributed by atoms with Gasteiger partial charge in [-0.2, -0.15) is 0 Å². The van der Waals surface area contributed by atoms with Crippen molar-refractivity contribution in [3.63, 3.8) is 0 Å². The Kier molecular flexibility index (Phi) is 3.01. The summed E-state index contributed by atoms with van der Waals surface area (Å²) in [5.41, 5.74) is 6.56. The molecule has 5 heteroatoms. The molecule has 1 aromatic carbocycles. The van der Waals surface area contributed by atoms with Gasteiger partial charge in [0.05, 0.1) is 0 Å². The van der Waals surface area contributed by atoms with E-state index >= 15 is 0 Å². The molecule has 0 saturated heterocycles. The highest BCUT2D eigenvalue weighted by Gasteiger charge is 2.07. The number of hydrogen-bond acceptors (Lipinski definition) is 3. The number of nitrogens with zero attached hydrogens (tertiary/aromatic N) is 2. The van der Waals surface area contributed by atoms with Crippen LogP contribution in [0.5, 0.6) is 0 Å². The second kappa shape index (κ2) is 4.45. The molecule has 0 atom stereocenters. The SMILES string of the molecule is Nc1ncc(Cc2c(F)cccc2Cl)cn1. The molecule has 82 valence electrons. The fourth-order valence-corrected chi connectivity index (χ4v) is 1.59. The lowest BCUT2D eigenvalue weighted by molar-refractivity contribution is 0.614. The first-order valence-electron chi connectivity index (χ1n) is 4.66. The summed E-state index contributed by atoms with van der Waals surface area (Å²) in [7, 11) is 0. The van der Waals surface area contributed by atoms with Crippen LogP contribution in [0.25, 0.3) is 0 Å². The van der Waals surface area contributed by atoms with E-state index in [1.165, 1.54) is 6.07 Å². The highest BCUT2D eigenvalue weighted by atomic mass is 35.5. The molecule has 0 spiro atoms. The Hall–Kier alpha value is -1.68. The fourth-order valence-electron chi connectivity index (χ4n) is 1.36. The third kappa shape index (κ3) is 2.28. The second-order valence-corrected chi connectivity index (χ2v) is 3.73. The van der Waals surface area contributed by atoms with E-state index in [1.807, 2.05) is 0 Å². The quantitative estimate of drug-likeness (QED) is 0.873. The van der Waals surface area contributed by atoms with Crippen LogP contribution in [-0.2, 0) is 6.42 Å². The van der Waals surface area contributed by atoms with E-state index in [9.17, 15) is 4.39 Å². The Morgan fingerprint density at radius 2 is 1.94 bits per heavy atom. The van der Waals surface area contributed by atoms with Crippen LogP contribution in [0.2, 0.25) is 5.02 Å². The summed E-state index contributed by atoms with van der Waals surface area (Å²) in [6.45, 7) is 0. The molecule has 1 heterocycles. The summed E-state index contributed by atoms with van der Waals surface area (Å²) in [5, 5.41) is 0.400. The molecule has 3 nitrogen and oxygen atoms in total.